The van der Waals surface area contributed by atoms with E-state index in [4.69, 9.17) is 4.74 Å². The Kier molecular flexibility index (Phi) is 6.07. The van der Waals surface area contributed by atoms with E-state index >= 15 is 0 Å². The highest BCUT2D eigenvalue weighted by molar-refractivity contribution is 7.88. The average Bonchev–Trinajstić information content (AvgIpc) is 3.23. The molecule has 0 aromatic rings. The first-order chi connectivity index (χ1) is 16.5. The molecule has 2 aliphatic heterocycles. The van der Waals surface area contributed by atoms with Crippen LogP contribution in [0.1, 0.15) is 91.9 Å². The summed E-state index contributed by atoms with van der Waals surface area (Å²) < 4.78 is 33.7. The lowest BCUT2D eigenvalue weighted by Crippen LogP contribution is -2.50. The molecular weight excluding hydrogens is 456 g/mol. The molecular formula is C29H48N2O3S. The number of nitrogens with one attached hydrogen (secondary N) is 2. The molecule has 6 heteroatoms. The Morgan fingerprint density at radius 2 is 1.89 bits per heavy atom. The highest BCUT2D eigenvalue weighted by atomic mass is 32.2. The first-order valence-electron chi connectivity index (χ1n) is 14.6. The summed E-state index contributed by atoms with van der Waals surface area (Å²) >= 11 is 0. The molecule has 0 aromatic heterocycles. The fourth-order valence-electron chi connectivity index (χ4n) is 10.2. The van der Waals surface area contributed by atoms with Gasteiger partial charge in [-0.05, 0) is 113 Å². The number of fused-ring (bicyclic) bond motifs is 6. The summed E-state index contributed by atoms with van der Waals surface area (Å²) in [6.45, 7) is 11.0. The summed E-state index contributed by atoms with van der Waals surface area (Å²) in [7, 11) is -3.13. The van der Waals surface area contributed by atoms with Gasteiger partial charge in [0.2, 0.25) is 10.0 Å². The molecule has 6 rings (SSSR count). The summed E-state index contributed by atoms with van der Waals surface area (Å²) in [6, 6.07) is 0.660. The van der Waals surface area contributed by atoms with Gasteiger partial charge < -0.3 is 10.1 Å². The van der Waals surface area contributed by atoms with Crippen molar-refractivity contribution in [2.24, 2.45) is 40.9 Å². The lowest BCUT2D eigenvalue weighted by atomic mass is 9.52. The maximum absolute atomic E-state index is 11.9. The summed E-state index contributed by atoms with van der Waals surface area (Å²) in [5.74, 6) is 4.28. The van der Waals surface area contributed by atoms with Gasteiger partial charge in [-0.1, -0.05) is 31.9 Å². The van der Waals surface area contributed by atoms with Crippen LogP contribution in [0.4, 0.5) is 0 Å². The van der Waals surface area contributed by atoms with Crippen molar-refractivity contribution in [3.8, 4) is 0 Å². The number of hydrogen-bond donors (Lipinski definition) is 2. The van der Waals surface area contributed by atoms with Crippen molar-refractivity contribution in [2.45, 2.75) is 116 Å². The smallest absolute Gasteiger partial charge is 0.208 e. The van der Waals surface area contributed by atoms with Crippen LogP contribution in [0.5, 0.6) is 0 Å². The Labute approximate surface area is 213 Å². The second-order valence-corrected chi connectivity index (χ2v) is 15.8. The number of ether oxygens (including phenoxy) is 1. The SMILES string of the molecule is CC1=C2C[C@@H]3[C@@H](CC[C@@H]4C[C@H](NS(C)(=O)=O)CC[C@@]43C)[C@H]2CC[C@@]2(C1)O[C@@H]1C[C@@H](C)CN[C@@H]1[C@H]2C. The first kappa shape index (κ1) is 24.9. The van der Waals surface area contributed by atoms with Crippen LogP contribution in [-0.4, -0.2) is 45.0 Å². The molecule has 5 nitrogen and oxygen atoms in total. The summed E-state index contributed by atoms with van der Waals surface area (Å²) in [5, 5.41) is 3.85. The minimum absolute atomic E-state index is 0.0276. The fourth-order valence-corrected chi connectivity index (χ4v) is 11.1. The van der Waals surface area contributed by atoms with Crippen molar-refractivity contribution in [3.05, 3.63) is 11.1 Å². The molecule has 0 unspecified atom stereocenters. The van der Waals surface area contributed by atoms with Crippen molar-refractivity contribution in [2.75, 3.05) is 12.8 Å². The second-order valence-electron chi connectivity index (χ2n) is 14.0. The first-order valence-corrected chi connectivity index (χ1v) is 16.5. The van der Waals surface area contributed by atoms with E-state index in [0.29, 0.717) is 35.3 Å². The molecule has 35 heavy (non-hydrogen) atoms. The third-order valence-electron chi connectivity index (χ3n) is 12.0. The van der Waals surface area contributed by atoms with E-state index in [2.05, 4.69) is 37.7 Å². The van der Waals surface area contributed by atoms with E-state index in [0.717, 1.165) is 43.6 Å². The Morgan fingerprint density at radius 3 is 2.66 bits per heavy atom. The minimum atomic E-state index is -3.13. The van der Waals surface area contributed by atoms with Crippen LogP contribution < -0.4 is 10.0 Å². The second kappa shape index (κ2) is 8.54. The number of allylic oxidation sites excluding steroid dienone is 1. The van der Waals surface area contributed by atoms with Gasteiger partial charge in [0.25, 0.3) is 0 Å². The number of sulfonamides is 1. The van der Waals surface area contributed by atoms with Crippen LogP contribution in [0.3, 0.4) is 0 Å². The van der Waals surface area contributed by atoms with E-state index in [-0.39, 0.29) is 11.6 Å². The molecule has 198 valence electrons. The highest BCUT2D eigenvalue weighted by Gasteiger charge is 2.59. The fraction of sp³-hybridized carbons (Fsp3) is 0.931. The molecule has 3 saturated carbocycles. The van der Waals surface area contributed by atoms with E-state index in [1.54, 1.807) is 11.1 Å². The normalized spacial score (nSPS) is 52.0. The van der Waals surface area contributed by atoms with Crippen molar-refractivity contribution in [1.82, 2.24) is 10.0 Å². The van der Waals surface area contributed by atoms with E-state index < -0.39 is 10.0 Å². The molecule has 0 aromatic carbocycles. The van der Waals surface area contributed by atoms with Crippen LogP contribution in [-0.2, 0) is 14.8 Å². The molecule has 0 radical (unpaired) electrons. The number of hydrogen-bond acceptors (Lipinski definition) is 4. The lowest BCUT2D eigenvalue weighted by molar-refractivity contribution is -0.0746. The average molecular weight is 505 g/mol. The van der Waals surface area contributed by atoms with E-state index in [1.165, 1.54) is 51.2 Å². The molecule has 2 saturated heterocycles. The molecule has 0 bridgehead atoms. The summed E-state index contributed by atoms with van der Waals surface area (Å²) in [6.07, 6.45) is 13.6. The third kappa shape index (κ3) is 4.08. The van der Waals surface area contributed by atoms with Crippen LogP contribution >= 0.6 is 0 Å². The van der Waals surface area contributed by atoms with Crippen molar-refractivity contribution >= 4 is 10.0 Å². The monoisotopic (exact) mass is 504 g/mol. The zero-order valence-corrected chi connectivity index (χ0v) is 23.4. The van der Waals surface area contributed by atoms with Crippen LogP contribution in [0.15, 0.2) is 11.1 Å². The van der Waals surface area contributed by atoms with Crippen LogP contribution in [0.2, 0.25) is 0 Å². The van der Waals surface area contributed by atoms with Gasteiger partial charge in [-0.2, -0.15) is 0 Å². The summed E-state index contributed by atoms with van der Waals surface area (Å²) in [5.41, 5.74) is 3.83. The third-order valence-corrected chi connectivity index (χ3v) is 12.8. The maximum Gasteiger partial charge on any atom is 0.208 e. The Hall–Kier alpha value is -0.430. The molecule has 0 amide bonds. The zero-order valence-electron chi connectivity index (χ0n) is 22.6. The molecule has 4 aliphatic carbocycles. The van der Waals surface area contributed by atoms with Gasteiger partial charge >= 0.3 is 0 Å². The minimum Gasteiger partial charge on any atom is -0.369 e. The standard InChI is InChI=1S/C29H48N2O3S/c1-17-12-26-27(30-16-17)19(3)29(34-26)11-9-22-23-7-6-20-13-21(31-35(5,32)33)8-10-28(20,4)25(23)14-24(22)18(2)15-29/h17,19-23,25-27,30-31H,6-16H2,1-5H3/t17-,19-,20-,21-,22-,23+,25-,26-,27-,28+,29+/m1/s1. The Balaban J connectivity index is 1.22. The largest absolute Gasteiger partial charge is 0.369 e. The maximum atomic E-state index is 11.9. The van der Waals surface area contributed by atoms with Crippen LogP contribution in [0.25, 0.3) is 0 Å². The predicted molar refractivity (Wildman–Crippen MR) is 140 cm³/mol. The van der Waals surface area contributed by atoms with Crippen molar-refractivity contribution in [1.29, 1.82) is 0 Å². The molecule has 2 N–H and O–H groups in total. The Morgan fingerprint density at radius 1 is 1.09 bits per heavy atom. The molecule has 5 fully saturated rings. The van der Waals surface area contributed by atoms with E-state index in [9.17, 15) is 8.42 Å². The molecule has 11 atom stereocenters. The van der Waals surface area contributed by atoms with Crippen LogP contribution in [0, 0.1) is 40.9 Å². The number of piperidine rings is 1. The zero-order chi connectivity index (χ0) is 24.8. The van der Waals surface area contributed by atoms with Crippen molar-refractivity contribution in [3.63, 3.8) is 0 Å². The van der Waals surface area contributed by atoms with Gasteiger partial charge in [-0.3, -0.25) is 0 Å². The van der Waals surface area contributed by atoms with E-state index in [1.807, 2.05) is 0 Å². The molecule has 6 aliphatic rings. The molecule has 2 heterocycles. The van der Waals surface area contributed by atoms with Gasteiger partial charge in [-0.25, -0.2) is 13.1 Å². The topological polar surface area (TPSA) is 67.4 Å². The van der Waals surface area contributed by atoms with Gasteiger partial charge in [0.05, 0.1) is 18.0 Å². The van der Waals surface area contributed by atoms with Gasteiger partial charge in [-0.15, -0.1) is 0 Å². The summed E-state index contributed by atoms with van der Waals surface area (Å²) in [4.78, 5) is 0. The van der Waals surface area contributed by atoms with Gasteiger partial charge in [0, 0.05) is 18.0 Å². The van der Waals surface area contributed by atoms with Gasteiger partial charge in [0.15, 0.2) is 0 Å². The predicted octanol–water partition coefficient (Wildman–Crippen LogP) is 5.03. The molecule has 1 spiro atoms. The lowest BCUT2D eigenvalue weighted by Gasteiger charge is -2.54. The van der Waals surface area contributed by atoms with Crippen molar-refractivity contribution < 1.29 is 13.2 Å². The highest BCUT2D eigenvalue weighted by Crippen LogP contribution is 2.65. The van der Waals surface area contributed by atoms with Gasteiger partial charge in [0.1, 0.15) is 0 Å². The quantitative estimate of drug-likeness (QED) is 0.518. The Bertz CT molecular complexity index is 994. The number of rotatable bonds is 2.